The molecule has 1 fully saturated rings. The van der Waals surface area contributed by atoms with E-state index >= 15 is 0 Å². The third-order valence-corrected chi connectivity index (χ3v) is 2.39. The van der Waals surface area contributed by atoms with Crippen LogP contribution in [-0.4, -0.2) is 21.8 Å². The highest BCUT2D eigenvalue weighted by atomic mass is 33.1. The summed E-state index contributed by atoms with van der Waals surface area (Å²) < 4.78 is 0.989. The summed E-state index contributed by atoms with van der Waals surface area (Å²) in [5.41, 5.74) is -0.785. The average molecular weight is 192 g/mol. The van der Waals surface area contributed by atoms with Crippen LogP contribution in [0.25, 0.3) is 0 Å². The van der Waals surface area contributed by atoms with E-state index in [4.69, 9.17) is 0 Å². The first-order valence-corrected chi connectivity index (χ1v) is 4.80. The van der Waals surface area contributed by atoms with Gasteiger partial charge in [0.25, 0.3) is 5.91 Å². The van der Waals surface area contributed by atoms with Crippen molar-refractivity contribution in [1.82, 2.24) is 9.62 Å². The number of urea groups is 1. The van der Waals surface area contributed by atoms with E-state index in [1.54, 1.807) is 13.8 Å². The first kappa shape index (κ1) is 8.73. The van der Waals surface area contributed by atoms with Gasteiger partial charge in [-0.2, -0.15) is 4.31 Å². The zero-order chi connectivity index (χ0) is 8.65. The molecule has 3 amide bonds. The van der Waals surface area contributed by atoms with Crippen molar-refractivity contribution in [3.8, 4) is 0 Å². The molecule has 0 aromatic carbocycles. The third kappa shape index (κ3) is 1.32. The monoisotopic (exact) mass is 192 g/mol. The van der Waals surface area contributed by atoms with Gasteiger partial charge in [0.2, 0.25) is 0 Å². The molecular formula is C5H8N2O2S2. The summed E-state index contributed by atoms with van der Waals surface area (Å²) >= 11 is 3.77. The van der Waals surface area contributed by atoms with E-state index in [2.05, 4.69) is 17.0 Å². The van der Waals surface area contributed by atoms with Gasteiger partial charge in [0, 0.05) is 11.0 Å². The van der Waals surface area contributed by atoms with Crippen LogP contribution in [0.4, 0.5) is 4.79 Å². The summed E-state index contributed by atoms with van der Waals surface area (Å²) in [6, 6.07) is -0.403. The van der Waals surface area contributed by atoms with Crippen molar-refractivity contribution in [2.75, 3.05) is 0 Å². The Labute approximate surface area is 73.6 Å². The van der Waals surface area contributed by atoms with E-state index in [1.165, 1.54) is 0 Å². The molecule has 0 atom stereocenters. The van der Waals surface area contributed by atoms with Gasteiger partial charge < -0.3 is 5.32 Å². The SMILES string of the molecule is CC1(C)NC(=O)N(SS)C1=O. The second kappa shape index (κ2) is 2.60. The van der Waals surface area contributed by atoms with E-state index < -0.39 is 11.6 Å². The number of carbonyl (C=O) groups excluding carboxylic acids is 2. The molecule has 0 bridgehead atoms. The van der Waals surface area contributed by atoms with Gasteiger partial charge in [-0.15, -0.1) is 0 Å². The van der Waals surface area contributed by atoms with Gasteiger partial charge in [0.05, 0.1) is 0 Å². The van der Waals surface area contributed by atoms with Gasteiger partial charge in [0.15, 0.2) is 0 Å². The van der Waals surface area contributed by atoms with Gasteiger partial charge in [-0.25, -0.2) is 4.79 Å². The van der Waals surface area contributed by atoms with Gasteiger partial charge in [0.1, 0.15) is 5.54 Å². The van der Waals surface area contributed by atoms with Crippen molar-refractivity contribution in [2.24, 2.45) is 0 Å². The minimum Gasteiger partial charge on any atom is -0.323 e. The molecule has 1 N–H and O–H groups in total. The topological polar surface area (TPSA) is 49.4 Å². The number of thiol groups is 1. The minimum atomic E-state index is -0.785. The quantitative estimate of drug-likeness (QED) is 0.280. The number of carbonyl (C=O) groups is 2. The van der Waals surface area contributed by atoms with Crippen LogP contribution in [0, 0.1) is 0 Å². The smallest absolute Gasteiger partial charge is 0.323 e. The highest BCUT2D eigenvalue weighted by Gasteiger charge is 2.44. The molecule has 4 nitrogen and oxygen atoms in total. The molecule has 62 valence electrons. The van der Waals surface area contributed by atoms with Crippen LogP contribution in [0.3, 0.4) is 0 Å². The van der Waals surface area contributed by atoms with Crippen LogP contribution in [-0.2, 0) is 4.79 Å². The lowest BCUT2D eigenvalue weighted by Gasteiger charge is -2.12. The molecule has 6 heteroatoms. The molecule has 0 aromatic heterocycles. The van der Waals surface area contributed by atoms with Crippen LogP contribution in [0.2, 0.25) is 0 Å². The molecule has 0 aromatic rings. The van der Waals surface area contributed by atoms with Gasteiger partial charge in [-0.1, -0.05) is 11.7 Å². The van der Waals surface area contributed by atoms with Gasteiger partial charge in [-0.05, 0) is 13.8 Å². The molecule has 1 aliphatic heterocycles. The van der Waals surface area contributed by atoms with Crippen LogP contribution in [0.15, 0.2) is 0 Å². The number of imide groups is 1. The van der Waals surface area contributed by atoms with Crippen molar-refractivity contribution in [2.45, 2.75) is 19.4 Å². The molecular weight excluding hydrogens is 184 g/mol. The molecule has 1 heterocycles. The maximum Gasteiger partial charge on any atom is 0.336 e. The Morgan fingerprint density at radius 3 is 2.27 bits per heavy atom. The number of hydrogen-bond acceptors (Lipinski definition) is 4. The second-order valence-electron chi connectivity index (χ2n) is 2.74. The number of nitrogens with one attached hydrogen (secondary N) is 1. The summed E-state index contributed by atoms with van der Waals surface area (Å²) in [4.78, 5) is 22.2. The van der Waals surface area contributed by atoms with Gasteiger partial charge in [-0.3, -0.25) is 4.79 Å². The molecule has 1 aliphatic rings. The first-order valence-electron chi connectivity index (χ1n) is 2.97. The zero-order valence-electron chi connectivity index (χ0n) is 6.12. The fourth-order valence-corrected chi connectivity index (χ4v) is 1.66. The van der Waals surface area contributed by atoms with E-state index in [9.17, 15) is 9.59 Å². The molecule has 0 radical (unpaired) electrons. The number of amides is 3. The Morgan fingerprint density at radius 1 is 1.55 bits per heavy atom. The Bertz CT molecular complexity index is 217. The summed E-state index contributed by atoms with van der Waals surface area (Å²) in [5, 5.41) is 2.51. The van der Waals surface area contributed by atoms with Crippen molar-refractivity contribution >= 4 is 34.6 Å². The number of hydrogen-bond donors (Lipinski definition) is 2. The molecule has 0 saturated carbocycles. The van der Waals surface area contributed by atoms with Gasteiger partial charge >= 0.3 is 6.03 Å². The highest BCUT2D eigenvalue weighted by Crippen LogP contribution is 2.25. The van der Waals surface area contributed by atoms with Crippen LogP contribution in [0.1, 0.15) is 13.8 Å². The molecule has 1 saturated heterocycles. The Balaban J connectivity index is 2.88. The van der Waals surface area contributed by atoms with Crippen LogP contribution < -0.4 is 5.32 Å². The number of rotatable bonds is 1. The normalized spacial score (nSPS) is 22.3. The largest absolute Gasteiger partial charge is 0.336 e. The lowest BCUT2D eigenvalue weighted by Crippen LogP contribution is -2.39. The van der Waals surface area contributed by atoms with Crippen LogP contribution in [0.5, 0.6) is 0 Å². The molecule has 0 unspecified atom stereocenters. The average Bonchev–Trinajstić information content (AvgIpc) is 2.04. The fraction of sp³-hybridized carbons (Fsp3) is 0.600. The predicted molar refractivity (Wildman–Crippen MR) is 46.0 cm³/mol. The number of nitrogens with zero attached hydrogens (tertiary/aromatic N) is 1. The molecule has 1 rings (SSSR count). The van der Waals surface area contributed by atoms with E-state index in [1.807, 2.05) is 0 Å². The summed E-state index contributed by atoms with van der Waals surface area (Å²) in [7, 11) is 0.817. The first-order chi connectivity index (χ1) is 4.99. The maximum absolute atomic E-state index is 11.2. The Morgan fingerprint density at radius 2 is 2.09 bits per heavy atom. The van der Waals surface area contributed by atoms with E-state index in [-0.39, 0.29) is 5.91 Å². The van der Waals surface area contributed by atoms with Crippen molar-refractivity contribution < 1.29 is 9.59 Å². The minimum absolute atomic E-state index is 0.262. The van der Waals surface area contributed by atoms with Crippen molar-refractivity contribution in [3.05, 3.63) is 0 Å². The zero-order valence-corrected chi connectivity index (χ0v) is 7.83. The standard InChI is InChI=1S/C5H8N2O2S2/c1-5(2)3(8)7(11-10)4(9)6-5/h10H,1-2H3,(H,6,9). The Kier molecular flexibility index (Phi) is 2.06. The highest BCUT2D eigenvalue weighted by molar-refractivity contribution is 8.67. The summed E-state index contributed by atoms with van der Waals surface area (Å²) in [5.74, 6) is -0.262. The summed E-state index contributed by atoms with van der Waals surface area (Å²) in [6.07, 6.45) is 0. The lowest BCUT2D eigenvalue weighted by atomic mass is 10.1. The van der Waals surface area contributed by atoms with E-state index in [0.717, 1.165) is 15.3 Å². The van der Waals surface area contributed by atoms with Crippen molar-refractivity contribution in [1.29, 1.82) is 0 Å². The fourth-order valence-electron chi connectivity index (χ4n) is 0.792. The maximum atomic E-state index is 11.2. The molecule has 0 aliphatic carbocycles. The molecule has 0 spiro atoms. The Hall–Kier alpha value is -0.360. The van der Waals surface area contributed by atoms with Crippen LogP contribution >= 0.6 is 22.6 Å². The molecule has 11 heavy (non-hydrogen) atoms. The second-order valence-corrected chi connectivity index (χ2v) is 3.75. The van der Waals surface area contributed by atoms with Crippen molar-refractivity contribution in [3.63, 3.8) is 0 Å². The predicted octanol–water partition coefficient (Wildman–Crippen LogP) is 0.810. The lowest BCUT2D eigenvalue weighted by molar-refractivity contribution is -0.126. The van der Waals surface area contributed by atoms with E-state index in [0.29, 0.717) is 0 Å². The summed E-state index contributed by atoms with van der Waals surface area (Å²) in [6.45, 7) is 3.30. The third-order valence-electron chi connectivity index (χ3n) is 1.40.